The Morgan fingerprint density at radius 2 is 2.00 bits per heavy atom. The van der Waals surface area contributed by atoms with Crippen LogP contribution in [-0.2, 0) is 9.53 Å². The Hall–Kier alpha value is -1.35. The van der Waals surface area contributed by atoms with E-state index in [4.69, 9.17) is 4.74 Å². The van der Waals surface area contributed by atoms with Crippen LogP contribution in [-0.4, -0.2) is 23.3 Å². The molecule has 1 saturated carbocycles. The van der Waals surface area contributed by atoms with Crippen LogP contribution in [0.4, 0.5) is 0 Å². The molecular weight excluding hydrogens is 240 g/mol. The molecule has 0 aromatic heterocycles. The van der Waals surface area contributed by atoms with Crippen molar-refractivity contribution in [3.8, 4) is 0 Å². The van der Waals surface area contributed by atoms with Crippen LogP contribution in [0.3, 0.4) is 0 Å². The molecule has 0 saturated heterocycles. The van der Waals surface area contributed by atoms with E-state index >= 15 is 0 Å². The summed E-state index contributed by atoms with van der Waals surface area (Å²) in [7, 11) is 0. The van der Waals surface area contributed by atoms with Crippen LogP contribution in [0.1, 0.15) is 50.5 Å². The number of rotatable bonds is 4. The van der Waals surface area contributed by atoms with Crippen molar-refractivity contribution in [2.45, 2.75) is 57.2 Å². The molecule has 0 radical (unpaired) electrons. The van der Waals surface area contributed by atoms with Gasteiger partial charge in [-0.1, -0.05) is 43.7 Å². The van der Waals surface area contributed by atoms with Gasteiger partial charge in [-0.15, -0.1) is 0 Å². The summed E-state index contributed by atoms with van der Waals surface area (Å²) >= 11 is 0. The molecule has 0 bridgehead atoms. The first-order chi connectivity index (χ1) is 9.16. The van der Waals surface area contributed by atoms with Gasteiger partial charge in [0.25, 0.3) is 0 Å². The molecule has 19 heavy (non-hydrogen) atoms. The molecule has 1 aromatic carbocycles. The van der Waals surface area contributed by atoms with Crippen LogP contribution in [0, 0.1) is 0 Å². The molecule has 2 rings (SSSR count). The van der Waals surface area contributed by atoms with Crippen molar-refractivity contribution in [2.24, 2.45) is 0 Å². The lowest BCUT2D eigenvalue weighted by Crippen LogP contribution is -2.34. The van der Waals surface area contributed by atoms with Crippen molar-refractivity contribution in [3.05, 3.63) is 35.9 Å². The first-order valence-corrected chi connectivity index (χ1v) is 7.09. The number of carbonyl (C=O) groups excluding carboxylic acids is 1. The summed E-state index contributed by atoms with van der Waals surface area (Å²) in [4.78, 5) is 11.9. The monoisotopic (exact) mass is 262 g/mol. The minimum Gasteiger partial charge on any atom is -0.460 e. The summed E-state index contributed by atoms with van der Waals surface area (Å²) in [6.45, 7) is 2.02. The second-order valence-electron chi connectivity index (χ2n) is 5.40. The molecule has 0 unspecified atom stereocenters. The quantitative estimate of drug-likeness (QED) is 0.848. The van der Waals surface area contributed by atoms with E-state index in [2.05, 4.69) is 0 Å². The maximum absolute atomic E-state index is 11.9. The van der Waals surface area contributed by atoms with E-state index < -0.39 is 6.10 Å². The maximum Gasteiger partial charge on any atom is 0.306 e. The Kier molecular flexibility index (Phi) is 4.97. The number of hydrogen-bond donors (Lipinski definition) is 1. The number of benzene rings is 1. The highest BCUT2D eigenvalue weighted by molar-refractivity contribution is 5.70. The Labute approximate surface area is 114 Å². The van der Waals surface area contributed by atoms with Crippen LogP contribution in [0.5, 0.6) is 0 Å². The van der Waals surface area contributed by atoms with Gasteiger partial charge < -0.3 is 9.84 Å². The molecule has 3 heteroatoms. The minimum absolute atomic E-state index is 0.148. The number of hydrogen-bond acceptors (Lipinski definition) is 3. The average Bonchev–Trinajstić information content (AvgIpc) is 2.42. The lowest BCUT2D eigenvalue weighted by Gasteiger charge is -2.27. The molecule has 104 valence electrons. The molecule has 1 aliphatic carbocycles. The highest BCUT2D eigenvalue weighted by atomic mass is 16.6. The smallest absolute Gasteiger partial charge is 0.306 e. The maximum atomic E-state index is 11.9. The van der Waals surface area contributed by atoms with Crippen molar-refractivity contribution in [3.63, 3.8) is 0 Å². The largest absolute Gasteiger partial charge is 0.460 e. The summed E-state index contributed by atoms with van der Waals surface area (Å²) in [5.41, 5.74) is 1.14. The molecule has 1 N–H and O–H groups in total. The zero-order valence-corrected chi connectivity index (χ0v) is 11.4. The van der Waals surface area contributed by atoms with Crippen molar-refractivity contribution in [1.29, 1.82) is 0 Å². The Morgan fingerprint density at radius 3 is 2.68 bits per heavy atom. The molecule has 0 spiro atoms. The summed E-state index contributed by atoms with van der Waals surface area (Å²) in [6.07, 6.45) is 3.17. The molecule has 3 nitrogen and oxygen atoms in total. The zero-order valence-electron chi connectivity index (χ0n) is 11.4. The molecule has 0 aliphatic heterocycles. The summed E-state index contributed by atoms with van der Waals surface area (Å²) in [5.74, 6) is -0.0586. The molecule has 0 heterocycles. The van der Waals surface area contributed by atoms with E-state index in [1.54, 1.807) is 0 Å². The summed E-state index contributed by atoms with van der Waals surface area (Å²) < 4.78 is 5.41. The van der Waals surface area contributed by atoms with Crippen LogP contribution in [0.25, 0.3) is 0 Å². The Balaban J connectivity index is 1.84. The fourth-order valence-electron chi connectivity index (χ4n) is 2.58. The third-order valence-electron chi connectivity index (χ3n) is 3.79. The molecule has 1 aromatic rings. The number of aliphatic hydroxyl groups excluding tert-OH is 1. The number of aliphatic hydroxyl groups is 1. The molecule has 1 fully saturated rings. The van der Waals surface area contributed by atoms with E-state index in [1.807, 2.05) is 37.3 Å². The van der Waals surface area contributed by atoms with Crippen molar-refractivity contribution < 1.29 is 14.6 Å². The lowest BCUT2D eigenvalue weighted by molar-refractivity contribution is -0.157. The summed E-state index contributed by atoms with van der Waals surface area (Å²) in [5, 5.41) is 9.79. The Bertz CT molecular complexity index is 402. The van der Waals surface area contributed by atoms with Gasteiger partial charge in [0.1, 0.15) is 6.10 Å². The predicted octanol–water partition coefficient (Wildman–Crippen LogP) is 3.03. The standard InChI is InChI=1S/C16H22O3/c1-12(13-7-3-2-4-8-13)11-16(18)19-15-10-6-5-9-14(15)17/h2-4,7-8,12,14-15,17H,5-6,9-11H2,1H3/t12-,14+,15+/m0/s1. The van der Waals surface area contributed by atoms with Gasteiger partial charge in [0.2, 0.25) is 0 Å². The number of ether oxygens (including phenoxy) is 1. The normalized spacial score (nSPS) is 24.7. The topological polar surface area (TPSA) is 46.5 Å². The summed E-state index contributed by atoms with van der Waals surface area (Å²) in [6, 6.07) is 9.96. The van der Waals surface area contributed by atoms with Crippen LogP contribution >= 0.6 is 0 Å². The van der Waals surface area contributed by atoms with Crippen LogP contribution < -0.4 is 0 Å². The van der Waals surface area contributed by atoms with Crippen molar-refractivity contribution in [1.82, 2.24) is 0 Å². The second kappa shape index (κ2) is 6.71. The van der Waals surface area contributed by atoms with Crippen molar-refractivity contribution in [2.75, 3.05) is 0 Å². The molecular formula is C16H22O3. The van der Waals surface area contributed by atoms with Gasteiger partial charge in [-0.2, -0.15) is 0 Å². The van der Waals surface area contributed by atoms with Gasteiger partial charge in [0.15, 0.2) is 0 Å². The lowest BCUT2D eigenvalue weighted by atomic mass is 9.94. The molecule has 0 amide bonds. The SMILES string of the molecule is C[C@@H](CC(=O)O[C@@H]1CCCC[C@H]1O)c1ccccc1. The zero-order chi connectivity index (χ0) is 13.7. The van der Waals surface area contributed by atoms with E-state index in [0.717, 1.165) is 31.2 Å². The first-order valence-electron chi connectivity index (χ1n) is 7.09. The van der Waals surface area contributed by atoms with Gasteiger partial charge >= 0.3 is 5.97 Å². The highest BCUT2D eigenvalue weighted by Crippen LogP contribution is 2.24. The van der Waals surface area contributed by atoms with Gasteiger partial charge in [0.05, 0.1) is 12.5 Å². The van der Waals surface area contributed by atoms with Gasteiger partial charge in [-0.05, 0) is 30.7 Å². The van der Waals surface area contributed by atoms with Crippen LogP contribution in [0.15, 0.2) is 30.3 Å². The van der Waals surface area contributed by atoms with E-state index in [0.29, 0.717) is 6.42 Å². The van der Waals surface area contributed by atoms with E-state index in [9.17, 15) is 9.90 Å². The van der Waals surface area contributed by atoms with E-state index in [1.165, 1.54) is 0 Å². The minimum atomic E-state index is -0.482. The van der Waals surface area contributed by atoms with Crippen LogP contribution in [0.2, 0.25) is 0 Å². The first kappa shape index (κ1) is 14.1. The van der Waals surface area contributed by atoms with Gasteiger partial charge in [0, 0.05) is 0 Å². The van der Waals surface area contributed by atoms with Gasteiger partial charge in [-0.3, -0.25) is 4.79 Å². The van der Waals surface area contributed by atoms with Crippen molar-refractivity contribution >= 4 is 5.97 Å². The second-order valence-corrected chi connectivity index (χ2v) is 5.40. The third kappa shape index (κ3) is 4.06. The van der Waals surface area contributed by atoms with Gasteiger partial charge in [-0.25, -0.2) is 0 Å². The van der Waals surface area contributed by atoms with E-state index in [-0.39, 0.29) is 18.0 Å². The molecule has 3 atom stereocenters. The third-order valence-corrected chi connectivity index (χ3v) is 3.79. The predicted molar refractivity (Wildman–Crippen MR) is 73.8 cm³/mol. The number of esters is 1. The molecule has 1 aliphatic rings. The fraction of sp³-hybridized carbons (Fsp3) is 0.562. The Morgan fingerprint density at radius 1 is 1.32 bits per heavy atom. The average molecular weight is 262 g/mol. The fourth-order valence-corrected chi connectivity index (χ4v) is 2.58. The highest BCUT2D eigenvalue weighted by Gasteiger charge is 2.26. The number of carbonyl (C=O) groups is 1.